The predicted molar refractivity (Wildman–Crippen MR) is 72.2 cm³/mol. The molecule has 0 bridgehead atoms. The summed E-state index contributed by atoms with van der Waals surface area (Å²) in [6, 6.07) is 5.67. The fourth-order valence-electron chi connectivity index (χ4n) is 1.74. The molecule has 0 aliphatic rings. The van der Waals surface area contributed by atoms with Crippen LogP contribution in [0.3, 0.4) is 0 Å². The zero-order chi connectivity index (χ0) is 13.8. The molecule has 0 saturated carbocycles. The number of para-hydroxylation sites is 1. The van der Waals surface area contributed by atoms with Gasteiger partial charge in [-0.2, -0.15) is 0 Å². The maximum atomic E-state index is 6.17. The Morgan fingerprint density at radius 1 is 1.42 bits per heavy atom. The highest BCUT2D eigenvalue weighted by atomic mass is 35.5. The number of aryl methyl sites for hydroxylation is 1. The van der Waals surface area contributed by atoms with Crippen LogP contribution in [0, 0.1) is 6.92 Å². The molecule has 19 heavy (non-hydrogen) atoms. The van der Waals surface area contributed by atoms with Crippen molar-refractivity contribution in [1.82, 2.24) is 10.3 Å². The van der Waals surface area contributed by atoms with Gasteiger partial charge in [0.05, 0.1) is 5.02 Å². The Bertz CT molecular complexity index is 555. The number of nitrogens with two attached hydrogens (primary N) is 1. The quantitative estimate of drug-likeness (QED) is 0.911. The lowest BCUT2D eigenvalue weighted by Crippen LogP contribution is -2.18. The number of rotatable bonds is 5. The minimum absolute atomic E-state index is 0.0382. The Morgan fingerprint density at radius 3 is 2.84 bits per heavy atom. The second kappa shape index (κ2) is 6.04. The van der Waals surface area contributed by atoms with Crippen LogP contribution in [-0.4, -0.2) is 16.4 Å². The smallest absolute Gasteiger partial charge is 0.145 e. The molecule has 0 amide bonds. The molecule has 0 spiro atoms. The van der Waals surface area contributed by atoms with Gasteiger partial charge in [-0.1, -0.05) is 34.0 Å². The van der Waals surface area contributed by atoms with Crippen molar-refractivity contribution in [2.75, 3.05) is 0 Å². The maximum Gasteiger partial charge on any atom is 0.145 e. The monoisotopic (exact) mass is 281 g/mol. The van der Waals surface area contributed by atoms with Crippen LogP contribution in [0.1, 0.15) is 23.9 Å². The molecule has 2 rings (SSSR count). The van der Waals surface area contributed by atoms with Crippen molar-refractivity contribution in [2.24, 2.45) is 5.73 Å². The highest BCUT2D eigenvalue weighted by Crippen LogP contribution is 2.30. The number of nitrogens with zero attached hydrogens (tertiary/aromatic N) is 2. The molecule has 1 aromatic carbocycles. The third-order valence-corrected chi connectivity index (χ3v) is 2.99. The van der Waals surface area contributed by atoms with Crippen LogP contribution in [0.5, 0.6) is 5.75 Å². The second-order valence-corrected chi connectivity index (χ2v) is 4.90. The Hall–Kier alpha value is -1.59. The van der Waals surface area contributed by atoms with Gasteiger partial charge in [0.15, 0.2) is 0 Å². The molecule has 1 aromatic heterocycles. The first-order valence-electron chi connectivity index (χ1n) is 6.01. The minimum Gasteiger partial charge on any atom is -0.485 e. The van der Waals surface area contributed by atoms with Crippen LogP contribution in [0.25, 0.3) is 0 Å². The van der Waals surface area contributed by atoms with E-state index in [-0.39, 0.29) is 12.6 Å². The Morgan fingerprint density at radius 2 is 2.21 bits per heavy atom. The van der Waals surface area contributed by atoms with Gasteiger partial charge in [0, 0.05) is 6.04 Å². The molecule has 2 N–H and O–H groups in total. The number of ether oxygens (including phenoxy) is 1. The van der Waals surface area contributed by atoms with Crippen LogP contribution in [-0.2, 0) is 13.0 Å². The molecule has 5 nitrogen and oxygen atoms in total. The number of aromatic nitrogens is 2. The van der Waals surface area contributed by atoms with Crippen molar-refractivity contribution in [2.45, 2.75) is 32.9 Å². The highest BCUT2D eigenvalue weighted by molar-refractivity contribution is 6.32. The van der Waals surface area contributed by atoms with E-state index in [0.717, 1.165) is 5.56 Å². The zero-order valence-corrected chi connectivity index (χ0v) is 11.6. The minimum atomic E-state index is 0.0382. The van der Waals surface area contributed by atoms with E-state index in [4.69, 9.17) is 22.1 Å². The summed E-state index contributed by atoms with van der Waals surface area (Å²) in [5.74, 6) is 0.642. The normalized spacial score (nSPS) is 12.4. The Kier molecular flexibility index (Phi) is 4.39. The van der Waals surface area contributed by atoms with Gasteiger partial charge in [-0.05, 0) is 31.9 Å². The van der Waals surface area contributed by atoms with Crippen molar-refractivity contribution in [3.8, 4) is 5.75 Å². The summed E-state index contributed by atoms with van der Waals surface area (Å²) in [6.07, 6.45) is 0.700. The van der Waals surface area contributed by atoms with E-state index < -0.39 is 0 Å². The van der Waals surface area contributed by atoms with E-state index in [9.17, 15) is 0 Å². The average Bonchev–Trinajstić information content (AvgIpc) is 2.73. The molecular weight excluding hydrogens is 266 g/mol. The summed E-state index contributed by atoms with van der Waals surface area (Å²) < 4.78 is 10.4. The molecule has 0 fully saturated rings. The van der Waals surface area contributed by atoms with Gasteiger partial charge in [-0.25, -0.2) is 4.63 Å². The van der Waals surface area contributed by atoms with Crippen LogP contribution in [0.4, 0.5) is 0 Å². The number of halogens is 1. The van der Waals surface area contributed by atoms with E-state index in [0.29, 0.717) is 28.6 Å². The van der Waals surface area contributed by atoms with Crippen LogP contribution in [0.15, 0.2) is 22.8 Å². The third kappa shape index (κ3) is 3.45. The summed E-state index contributed by atoms with van der Waals surface area (Å²) in [4.78, 5) is 0. The molecule has 102 valence electrons. The lowest BCUT2D eigenvalue weighted by atomic mass is 10.1. The van der Waals surface area contributed by atoms with Gasteiger partial charge in [0.25, 0.3) is 0 Å². The zero-order valence-electron chi connectivity index (χ0n) is 10.9. The summed E-state index contributed by atoms with van der Waals surface area (Å²) in [7, 11) is 0. The fraction of sp³-hybridized carbons (Fsp3) is 0.385. The number of hydrogen-bond donors (Lipinski definition) is 1. The standard InChI is InChI=1S/C13H16ClN3O2/c1-8(15)6-10-4-3-5-11(14)13(10)18-7-12-9(2)16-19-17-12/h3-5,8H,6-7,15H2,1-2H3. The summed E-state index contributed by atoms with van der Waals surface area (Å²) in [5.41, 5.74) is 8.17. The molecule has 1 heterocycles. The number of benzene rings is 1. The van der Waals surface area contributed by atoms with E-state index in [1.807, 2.05) is 26.0 Å². The van der Waals surface area contributed by atoms with E-state index in [1.54, 1.807) is 6.07 Å². The topological polar surface area (TPSA) is 74.2 Å². The van der Waals surface area contributed by atoms with E-state index in [1.165, 1.54) is 0 Å². The molecular formula is C13H16ClN3O2. The fourth-order valence-corrected chi connectivity index (χ4v) is 1.99. The lowest BCUT2D eigenvalue weighted by Gasteiger charge is -2.13. The predicted octanol–water partition coefficient (Wildman–Crippen LogP) is 2.50. The summed E-state index contributed by atoms with van der Waals surface area (Å²) in [5, 5.41) is 8.04. The summed E-state index contributed by atoms with van der Waals surface area (Å²) in [6.45, 7) is 4.02. The van der Waals surface area contributed by atoms with Gasteiger partial charge in [-0.3, -0.25) is 0 Å². The van der Waals surface area contributed by atoms with Gasteiger partial charge in [0.1, 0.15) is 23.7 Å². The lowest BCUT2D eigenvalue weighted by molar-refractivity contribution is 0.268. The largest absolute Gasteiger partial charge is 0.485 e. The van der Waals surface area contributed by atoms with Crippen LogP contribution >= 0.6 is 11.6 Å². The first-order valence-corrected chi connectivity index (χ1v) is 6.39. The molecule has 1 atom stereocenters. The maximum absolute atomic E-state index is 6.17. The van der Waals surface area contributed by atoms with E-state index >= 15 is 0 Å². The Labute approximate surface area is 116 Å². The average molecular weight is 282 g/mol. The van der Waals surface area contributed by atoms with Crippen LogP contribution < -0.4 is 10.5 Å². The molecule has 6 heteroatoms. The van der Waals surface area contributed by atoms with Crippen molar-refractivity contribution in [1.29, 1.82) is 0 Å². The van der Waals surface area contributed by atoms with Crippen molar-refractivity contribution in [3.05, 3.63) is 40.2 Å². The second-order valence-electron chi connectivity index (χ2n) is 4.49. The molecule has 0 aliphatic heterocycles. The molecule has 0 saturated heterocycles. The third-order valence-electron chi connectivity index (χ3n) is 2.69. The number of hydrogen-bond acceptors (Lipinski definition) is 5. The molecule has 2 aromatic rings. The van der Waals surface area contributed by atoms with Gasteiger partial charge in [0.2, 0.25) is 0 Å². The van der Waals surface area contributed by atoms with Crippen molar-refractivity contribution < 1.29 is 9.37 Å². The van der Waals surface area contributed by atoms with Gasteiger partial charge >= 0.3 is 0 Å². The van der Waals surface area contributed by atoms with E-state index in [2.05, 4.69) is 14.9 Å². The van der Waals surface area contributed by atoms with Gasteiger partial charge in [-0.15, -0.1) is 0 Å². The van der Waals surface area contributed by atoms with Crippen LogP contribution in [0.2, 0.25) is 5.02 Å². The van der Waals surface area contributed by atoms with Crippen molar-refractivity contribution >= 4 is 11.6 Å². The first kappa shape index (κ1) is 13.8. The Balaban J connectivity index is 2.17. The molecule has 0 aliphatic carbocycles. The summed E-state index contributed by atoms with van der Waals surface area (Å²) >= 11 is 6.17. The highest BCUT2D eigenvalue weighted by Gasteiger charge is 2.12. The van der Waals surface area contributed by atoms with Crippen molar-refractivity contribution in [3.63, 3.8) is 0 Å². The molecule has 1 unspecified atom stereocenters. The molecule has 0 radical (unpaired) electrons. The SMILES string of the molecule is Cc1nonc1COc1c(Cl)cccc1CC(C)N. The van der Waals surface area contributed by atoms with Gasteiger partial charge < -0.3 is 10.5 Å². The first-order chi connectivity index (χ1) is 9.08.